The van der Waals surface area contributed by atoms with Crippen molar-refractivity contribution < 1.29 is 24.2 Å². The Morgan fingerprint density at radius 2 is 2.09 bits per heavy atom. The number of amides is 1. The highest BCUT2D eigenvalue weighted by atomic mass is 79.9. The van der Waals surface area contributed by atoms with E-state index in [1.165, 1.54) is 18.4 Å². The molecule has 0 saturated carbocycles. The van der Waals surface area contributed by atoms with Gasteiger partial charge in [-0.3, -0.25) is 4.79 Å². The van der Waals surface area contributed by atoms with Gasteiger partial charge in [0, 0.05) is 19.1 Å². The molecule has 6 nitrogen and oxygen atoms in total. The largest absolute Gasteiger partial charge is 0.495 e. The van der Waals surface area contributed by atoms with Gasteiger partial charge in [-0.2, -0.15) is 0 Å². The van der Waals surface area contributed by atoms with Crippen LogP contribution in [0.25, 0.3) is 0 Å². The number of halogens is 1. The summed E-state index contributed by atoms with van der Waals surface area (Å²) < 4.78 is 11.3. The number of rotatable bonds is 7. The average Bonchev–Trinajstić information content (AvgIpc) is 2.77. The molecule has 1 rings (SSSR count). The number of carbonyl (C=O) groups excluding carboxylic acids is 1. The number of methoxy groups -OCH3 is 1. The number of thiophene rings is 1. The molecule has 0 aromatic carbocycles. The number of ether oxygens (including phenoxy) is 2. The van der Waals surface area contributed by atoms with E-state index in [-0.39, 0.29) is 18.6 Å². The van der Waals surface area contributed by atoms with Crippen molar-refractivity contribution in [1.82, 2.24) is 5.32 Å². The fourth-order valence-corrected chi connectivity index (χ4v) is 3.13. The molecular weight excluding hydrogens is 374 g/mol. The molecule has 1 atom stereocenters. The Hall–Kier alpha value is -1.12. The Bertz CT molecular complexity index is 538. The van der Waals surface area contributed by atoms with Crippen LogP contribution in [0.3, 0.4) is 0 Å². The Balaban J connectivity index is 2.65. The maximum atomic E-state index is 12.1. The molecule has 1 amide bonds. The molecule has 0 spiro atoms. The molecule has 1 aromatic heterocycles. The first-order valence-electron chi connectivity index (χ1n) is 6.65. The fourth-order valence-electron chi connectivity index (χ4n) is 1.57. The van der Waals surface area contributed by atoms with Gasteiger partial charge < -0.3 is 19.9 Å². The first kappa shape index (κ1) is 18.9. The quantitative estimate of drug-likeness (QED) is 0.743. The summed E-state index contributed by atoms with van der Waals surface area (Å²) >= 11 is 4.47. The lowest BCUT2D eigenvalue weighted by Crippen LogP contribution is -2.41. The molecule has 124 valence electrons. The third-order valence-electron chi connectivity index (χ3n) is 2.64. The van der Waals surface area contributed by atoms with E-state index < -0.39 is 17.9 Å². The van der Waals surface area contributed by atoms with Crippen molar-refractivity contribution in [3.8, 4) is 5.75 Å². The molecular formula is C14H20BrNO5S. The summed E-state index contributed by atoms with van der Waals surface area (Å²) in [7, 11) is 1.50. The van der Waals surface area contributed by atoms with Crippen LogP contribution in [-0.2, 0) is 9.53 Å². The van der Waals surface area contributed by atoms with Crippen LogP contribution in [-0.4, -0.2) is 42.3 Å². The molecule has 0 bridgehead atoms. The van der Waals surface area contributed by atoms with E-state index in [1.807, 2.05) is 20.8 Å². The van der Waals surface area contributed by atoms with E-state index in [0.717, 1.165) is 0 Å². The van der Waals surface area contributed by atoms with Crippen molar-refractivity contribution in [2.24, 2.45) is 0 Å². The first-order chi connectivity index (χ1) is 10.1. The van der Waals surface area contributed by atoms with Gasteiger partial charge in [0.1, 0.15) is 15.6 Å². The summed E-state index contributed by atoms with van der Waals surface area (Å²) in [4.78, 5) is 23.8. The summed E-state index contributed by atoms with van der Waals surface area (Å²) in [6, 6.07) is 0.566. The van der Waals surface area contributed by atoms with E-state index in [4.69, 9.17) is 9.47 Å². The standard InChI is InChI=1S/C14H20BrNO5S/c1-14(2,3)21-6-5-8(13(18)19)16-12(17)10-7-9(20-4)11(15)22-10/h7-8H,5-6H2,1-4H3,(H,16,17)(H,18,19). The van der Waals surface area contributed by atoms with Crippen molar-refractivity contribution in [1.29, 1.82) is 0 Å². The zero-order chi connectivity index (χ0) is 16.9. The minimum absolute atomic E-state index is 0.196. The molecule has 1 heterocycles. The van der Waals surface area contributed by atoms with Crippen LogP contribution in [0.2, 0.25) is 0 Å². The average molecular weight is 394 g/mol. The fraction of sp³-hybridized carbons (Fsp3) is 0.571. The maximum Gasteiger partial charge on any atom is 0.326 e. The van der Waals surface area contributed by atoms with Gasteiger partial charge in [0.2, 0.25) is 0 Å². The van der Waals surface area contributed by atoms with Crippen LogP contribution < -0.4 is 10.1 Å². The molecule has 0 radical (unpaired) electrons. The summed E-state index contributed by atoms with van der Waals surface area (Å²) in [5, 5.41) is 11.7. The van der Waals surface area contributed by atoms with Crippen molar-refractivity contribution >= 4 is 39.1 Å². The molecule has 1 unspecified atom stereocenters. The zero-order valence-electron chi connectivity index (χ0n) is 12.9. The lowest BCUT2D eigenvalue weighted by molar-refractivity contribution is -0.140. The Morgan fingerprint density at radius 3 is 2.55 bits per heavy atom. The molecule has 0 aliphatic rings. The van der Waals surface area contributed by atoms with Gasteiger partial charge in [-0.05, 0) is 36.7 Å². The Morgan fingerprint density at radius 1 is 1.45 bits per heavy atom. The molecule has 0 aliphatic heterocycles. The van der Waals surface area contributed by atoms with Gasteiger partial charge >= 0.3 is 5.97 Å². The van der Waals surface area contributed by atoms with Gasteiger partial charge in [-0.1, -0.05) is 0 Å². The molecule has 0 aliphatic carbocycles. The van der Waals surface area contributed by atoms with Crippen LogP contribution in [0.5, 0.6) is 5.75 Å². The van der Waals surface area contributed by atoms with E-state index in [1.54, 1.807) is 6.07 Å². The zero-order valence-corrected chi connectivity index (χ0v) is 15.3. The second kappa shape index (κ2) is 7.94. The lowest BCUT2D eigenvalue weighted by Gasteiger charge is -2.21. The summed E-state index contributed by atoms with van der Waals surface area (Å²) in [5.41, 5.74) is -0.348. The summed E-state index contributed by atoms with van der Waals surface area (Å²) in [6.45, 7) is 5.91. The number of carbonyl (C=O) groups is 2. The van der Waals surface area contributed by atoms with E-state index in [2.05, 4.69) is 21.2 Å². The predicted octanol–water partition coefficient (Wildman–Crippen LogP) is 2.91. The van der Waals surface area contributed by atoms with E-state index in [9.17, 15) is 14.7 Å². The van der Waals surface area contributed by atoms with Crippen molar-refractivity contribution in [2.45, 2.75) is 38.8 Å². The number of aliphatic carboxylic acids is 1. The number of carboxylic acid groups (broad SMARTS) is 1. The number of nitrogens with one attached hydrogen (secondary N) is 1. The summed E-state index contributed by atoms with van der Waals surface area (Å²) in [6.07, 6.45) is 0.196. The third-order valence-corrected chi connectivity index (χ3v) is 4.42. The van der Waals surface area contributed by atoms with E-state index >= 15 is 0 Å². The minimum atomic E-state index is -1.09. The molecule has 2 N–H and O–H groups in total. The Kier molecular flexibility index (Phi) is 6.83. The normalized spacial score (nSPS) is 12.8. The third kappa shape index (κ3) is 5.94. The monoisotopic (exact) mass is 393 g/mol. The topological polar surface area (TPSA) is 84.9 Å². The van der Waals surface area contributed by atoms with Gasteiger partial charge in [0.25, 0.3) is 5.91 Å². The molecule has 1 aromatic rings. The van der Waals surface area contributed by atoms with Crippen molar-refractivity contribution in [3.63, 3.8) is 0 Å². The SMILES string of the molecule is COc1cc(C(=O)NC(CCOC(C)(C)C)C(=O)O)sc1Br. The highest BCUT2D eigenvalue weighted by molar-refractivity contribution is 9.11. The maximum absolute atomic E-state index is 12.1. The Labute approximate surface area is 141 Å². The van der Waals surface area contributed by atoms with Crippen LogP contribution in [0.4, 0.5) is 0 Å². The predicted molar refractivity (Wildman–Crippen MR) is 87.8 cm³/mol. The molecule has 8 heteroatoms. The highest BCUT2D eigenvalue weighted by Crippen LogP contribution is 2.34. The molecule has 22 heavy (non-hydrogen) atoms. The molecule has 0 fully saturated rings. The number of hydrogen-bond acceptors (Lipinski definition) is 5. The van der Waals surface area contributed by atoms with Crippen molar-refractivity contribution in [2.75, 3.05) is 13.7 Å². The first-order valence-corrected chi connectivity index (χ1v) is 8.26. The van der Waals surface area contributed by atoms with Gasteiger partial charge in [-0.25, -0.2) is 4.79 Å². The highest BCUT2D eigenvalue weighted by Gasteiger charge is 2.23. The van der Waals surface area contributed by atoms with Gasteiger partial charge in [0.05, 0.1) is 17.6 Å². The second-order valence-electron chi connectivity index (χ2n) is 5.57. The van der Waals surface area contributed by atoms with Gasteiger partial charge in [-0.15, -0.1) is 11.3 Å². The van der Waals surface area contributed by atoms with Crippen LogP contribution in [0.15, 0.2) is 9.85 Å². The van der Waals surface area contributed by atoms with Crippen molar-refractivity contribution in [3.05, 3.63) is 14.7 Å². The minimum Gasteiger partial charge on any atom is -0.495 e. The molecule has 0 saturated heterocycles. The van der Waals surface area contributed by atoms with E-state index in [0.29, 0.717) is 14.4 Å². The van der Waals surface area contributed by atoms with Crippen LogP contribution in [0, 0.1) is 0 Å². The van der Waals surface area contributed by atoms with Gasteiger partial charge in [0.15, 0.2) is 0 Å². The number of hydrogen-bond donors (Lipinski definition) is 2. The lowest BCUT2D eigenvalue weighted by atomic mass is 10.1. The second-order valence-corrected chi connectivity index (χ2v) is 7.94. The summed E-state index contributed by atoms with van der Waals surface area (Å²) in [5.74, 6) is -0.997. The number of carboxylic acids is 1. The van der Waals surface area contributed by atoms with Crippen LogP contribution >= 0.6 is 27.3 Å². The van der Waals surface area contributed by atoms with Crippen LogP contribution in [0.1, 0.15) is 36.9 Å². The smallest absolute Gasteiger partial charge is 0.326 e.